The fourth-order valence-electron chi connectivity index (χ4n) is 3.34. The van der Waals surface area contributed by atoms with E-state index in [-0.39, 0.29) is 24.0 Å². The lowest BCUT2D eigenvalue weighted by atomic mass is 10.1. The summed E-state index contributed by atoms with van der Waals surface area (Å²) in [6.45, 7) is 5.00. The van der Waals surface area contributed by atoms with Gasteiger partial charge in [0.25, 0.3) is 5.56 Å². The van der Waals surface area contributed by atoms with Crippen molar-refractivity contribution in [3.8, 4) is 0 Å². The van der Waals surface area contributed by atoms with Gasteiger partial charge in [-0.3, -0.25) is 14.5 Å². The van der Waals surface area contributed by atoms with Crippen LogP contribution in [0.5, 0.6) is 0 Å². The van der Waals surface area contributed by atoms with E-state index in [1.54, 1.807) is 39.0 Å². The number of carboxylic acid groups (broad SMARTS) is 1. The average Bonchev–Trinajstić information content (AvgIpc) is 2.73. The fraction of sp³-hybridized carbons (Fsp3) is 0.304. The zero-order valence-electron chi connectivity index (χ0n) is 18.7. The second-order valence-corrected chi connectivity index (χ2v) is 8.66. The molecule has 0 saturated carbocycles. The van der Waals surface area contributed by atoms with E-state index in [1.165, 1.54) is 18.2 Å². The molecule has 8 nitrogen and oxygen atoms in total. The second-order valence-electron chi connectivity index (χ2n) is 8.66. The summed E-state index contributed by atoms with van der Waals surface area (Å²) >= 11 is 0. The lowest BCUT2D eigenvalue weighted by molar-refractivity contribution is -0.137. The summed E-state index contributed by atoms with van der Waals surface area (Å²) in [6.07, 6.45) is -5.96. The number of carbonyl (C=O) groups excluding carboxylic acids is 1. The zero-order chi connectivity index (χ0) is 25.3. The van der Waals surface area contributed by atoms with Gasteiger partial charge in [-0.25, -0.2) is 10.2 Å². The van der Waals surface area contributed by atoms with E-state index in [0.29, 0.717) is 10.9 Å². The molecule has 0 aliphatic heterocycles. The SMILES string of the molecule is CC(C)(C)N(Cc1nn(NC(=O)Cc2ccc(C(F)(F)F)cc2)c(=O)c2ccccc12)C(=O)O. The van der Waals surface area contributed by atoms with Crippen LogP contribution < -0.4 is 11.0 Å². The molecule has 0 aliphatic rings. The number of hydrogen-bond donors (Lipinski definition) is 2. The molecule has 2 N–H and O–H groups in total. The lowest BCUT2D eigenvalue weighted by Gasteiger charge is -2.33. The molecular weight excluding hydrogens is 453 g/mol. The van der Waals surface area contributed by atoms with E-state index in [0.717, 1.165) is 21.8 Å². The van der Waals surface area contributed by atoms with Gasteiger partial charge in [0.1, 0.15) is 0 Å². The molecule has 11 heteroatoms. The number of nitrogens with one attached hydrogen (secondary N) is 1. The maximum atomic E-state index is 12.9. The number of amides is 2. The van der Waals surface area contributed by atoms with Crippen LogP contribution in [0.25, 0.3) is 10.8 Å². The van der Waals surface area contributed by atoms with Crippen LogP contribution in [0.3, 0.4) is 0 Å². The summed E-state index contributed by atoms with van der Waals surface area (Å²) in [7, 11) is 0. The van der Waals surface area contributed by atoms with Gasteiger partial charge < -0.3 is 5.11 Å². The number of nitrogens with zero attached hydrogens (tertiary/aromatic N) is 3. The topological polar surface area (TPSA) is 105 Å². The summed E-state index contributed by atoms with van der Waals surface area (Å²) in [4.78, 5) is 39.1. The van der Waals surface area contributed by atoms with Crippen LogP contribution in [-0.2, 0) is 23.9 Å². The van der Waals surface area contributed by atoms with Crippen LogP contribution in [0, 0.1) is 0 Å². The van der Waals surface area contributed by atoms with Gasteiger partial charge in [-0.2, -0.15) is 18.3 Å². The molecule has 180 valence electrons. The van der Waals surface area contributed by atoms with Crippen molar-refractivity contribution in [3.63, 3.8) is 0 Å². The average molecular weight is 476 g/mol. The first kappa shape index (κ1) is 24.7. The highest BCUT2D eigenvalue weighted by Gasteiger charge is 2.30. The Morgan fingerprint density at radius 1 is 1.03 bits per heavy atom. The quantitative estimate of drug-likeness (QED) is 0.579. The van der Waals surface area contributed by atoms with Crippen molar-refractivity contribution in [2.24, 2.45) is 0 Å². The van der Waals surface area contributed by atoms with E-state index >= 15 is 0 Å². The Morgan fingerprint density at radius 3 is 2.15 bits per heavy atom. The van der Waals surface area contributed by atoms with Gasteiger partial charge in [0.05, 0.1) is 29.6 Å². The molecule has 0 unspecified atom stereocenters. The minimum atomic E-state index is -4.49. The van der Waals surface area contributed by atoms with Gasteiger partial charge in [0, 0.05) is 10.9 Å². The molecule has 2 aromatic carbocycles. The molecule has 0 atom stereocenters. The minimum Gasteiger partial charge on any atom is -0.465 e. The molecule has 0 bridgehead atoms. The van der Waals surface area contributed by atoms with Gasteiger partial charge in [-0.1, -0.05) is 30.3 Å². The van der Waals surface area contributed by atoms with E-state index in [1.807, 2.05) is 0 Å². The van der Waals surface area contributed by atoms with Crippen molar-refractivity contribution in [2.45, 2.75) is 45.5 Å². The van der Waals surface area contributed by atoms with Crippen LogP contribution in [0.2, 0.25) is 0 Å². The van der Waals surface area contributed by atoms with E-state index in [2.05, 4.69) is 10.5 Å². The highest BCUT2D eigenvalue weighted by atomic mass is 19.4. The minimum absolute atomic E-state index is 0.144. The molecule has 0 saturated heterocycles. The van der Waals surface area contributed by atoms with Crippen LogP contribution in [-0.4, -0.2) is 37.4 Å². The molecule has 3 rings (SSSR count). The van der Waals surface area contributed by atoms with Crippen molar-refractivity contribution in [2.75, 3.05) is 5.43 Å². The highest BCUT2D eigenvalue weighted by Crippen LogP contribution is 2.29. The predicted octanol–water partition coefficient (Wildman–Crippen LogP) is 4.01. The highest BCUT2D eigenvalue weighted by molar-refractivity contribution is 5.87. The Kier molecular flexibility index (Phi) is 6.67. The number of aromatic nitrogens is 2. The van der Waals surface area contributed by atoms with Crippen LogP contribution >= 0.6 is 0 Å². The number of hydrogen-bond acceptors (Lipinski definition) is 4. The van der Waals surface area contributed by atoms with E-state index < -0.39 is 34.8 Å². The lowest BCUT2D eigenvalue weighted by Crippen LogP contribution is -2.45. The standard InChI is InChI=1S/C23H23F3N4O4/c1-22(2,3)29(21(33)34)13-18-16-6-4-5-7-17(16)20(32)30(27-18)28-19(31)12-14-8-10-15(11-9-14)23(24,25)26/h4-11H,12-13H2,1-3H3,(H,28,31)(H,33,34). The molecule has 0 spiro atoms. The number of carbonyl (C=O) groups is 2. The third-order valence-corrected chi connectivity index (χ3v) is 5.11. The van der Waals surface area contributed by atoms with E-state index in [4.69, 9.17) is 0 Å². The normalized spacial score (nSPS) is 11.9. The Bertz CT molecular complexity index is 1280. The first-order chi connectivity index (χ1) is 15.8. The first-order valence-corrected chi connectivity index (χ1v) is 10.2. The van der Waals surface area contributed by atoms with Gasteiger partial charge >= 0.3 is 12.3 Å². The maximum absolute atomic E-state index is 12.9. The molecule has 3 aromatic rings. The molecule has 34 heavy (non-hydrogen) atoms. The molecule has 1 aromatic heterocycles. The van der Waals surface area contributed by atoms with Gasteiger partial charge in [-0.05, 0) is 44.5 Å². The Labute approximate surface area is 192 Å². The summed E-state index contributed by atoms with van der Waals surface area (Å²) in [5, 5.41) is 14.5. The number of alkyl halides is 3. The van der Waals surface area contributed by atoms with Crippen molar-refractivity contribution in [1.82, 2.24) is 14.8 Å². The summed E-state index contributed by atoms with van der Waals surface area (Å²) in [5.41, 5.74) is 0.678. The van der Waals surface area contributed by atoms with Crippen molar-refractivity contribution in [1.29, 1.82) is 0 Å². The van der Waals surface area contributed by atoms with Crippen LogP contribution in [0.1, 0.15) is 37.6 Å². The first-order valence-electron chi connectivity index (χ1n) is 10.2. The van der Waals surface area contributed by atoms with E-state index in [9.17, 15) is 32.7 Å². The summed E-state index contributed by atoms with van der Waals surface area (Å²) in [5.74, 6) is -0.679. The summed E-state index contributed by atoms with van der Waals surface area (Å²) in [6, 6.07) is 10.6. The number of fused-ring (bicyclic) bond motifs is 1. The smallest absolute Gasteiger partial charge is 0.416 e. The van der Waals surface area contributed by atoms with Crippen LogP contribution in [0.4, 0.5) is 18.0 Å². The molecule has 0 radical (unpaired) electrons. The van der Waals surface area contributed by atoms with Gasteiger partial charge in [0.2, 0.25) is 5.91 Å². The Balaban J connectivity index is 1.92. The van der Waals surface area contributed by atoms with Crippen molar-refractivity contribution < 1.29 is 27.9 Å². The molecular formula is C23H23F3N4O4. The van der Waals surface area contributed by atoms with Crippen molar-refractivity contribution in [3.05, 3.63) is 75.7 Å². The van der Waals surface area contributed by atoms with Gasteiger partial charge in [-0.15, -0.1) is 4.79 Å². The maximum Gasteiger partial charge on any atom is 0.416 e. The van der Waals surface area contributed by atoms with Crippen molar-refractivity contribution >= 4 is 22.8 Å². The Hall–Kier alpha value is -3.89. The van der Waals surface area contributed by atoms with Crippen LogP contribution in [0.15, 0.2) is 53.3 Å². The largest absolute Gasteiger partial charge is 0.465 e. The fourth-order valence-corrected chi connectivity index (χ4v) is 3.34. The van der Waals surface area contributed by atoms with Gasteiger partial charge in [0.15, 0.2) is 0 Å². The third-order valence-electron chi connectivity index (χ3n) is 5.11. The number of halogens is 3. The molecule has 2 amide bonds. The molecule has 0 aliphatic carbocycles. The predicted molar refractivity (Wildman–Crippen MR) is 119 cm³/mol. The summed E-state index contributed by atoms with van der Waals surface area (Å²) < 4.78 is 38.2. The zero-order valence-corrected chi connectivity index (χ0v) is 18.7. The number of rotatable bonds is 5. The second kappa shape index (κ2) is 9.16. The third kappa shape index (κ3) is 5.53. The monoisotopic (exact) mass is 476 g/mol. The molecule has 0 fully saturated rings. The molecule has 1 heterocycles. The Morgan fingerprint density at radius 2 is 1.62 bits per heavy atom. The number of benzene rings is 2.